The number of carbonyl (C=O) groups excluding carboxylic acids is 1. The fourth-order valence-corrected chi connectivity index (χ4v) is 0.645. The number of carboxylic acids is 1. The zero-order chi connectivity index (χ0) is 8.31. The zero-order valence-corrected chi connectivity index (χ0v) is 6.90. The zero-order valence-electron chi connectivity index (χ0n) is 5.90. The highest BCUT2D eigenvalue weighted by molar-refractivity contribution is 7.40. The van der Waals surface area contributed by atoms with Crippen LogP contribution in [0.4, 0.5) is 0 Å². The van der Waals surface area contributed by atoms with Gasteiger partial charge in [0, 0.05) is 0 Å². The highest BCUT2D eigenvalue weighted by Gasteiger charge is 2.23. The minimum absolute atomic E-state index is 0. The van der Waals surface area contributed by atoms with Crippen molar-refractivity contribution in [3.63, 3.8) is 0 Å². The molecule has 0 amide bonds. The number of ketones is 1. The first kappa shape index (κ1) is 17.4. The van der Waals surface area contributed by atoms with E-state index < -0.39 is 25.4 Å². The van der Waals surface area contributed by atoms with Crippen molar-refractivity contribution in [1.82, 2.24) is 6.15 Å². The van der Waals surface area contributed by atoms with Crippen LogP contribution >= 0.6 is 8.03 Å². The lowest BCUT2D eigenvalue weighted by molar-refractivity contribution is -0.148. The first-order valence-corrected chi connectivity index (χ1v) is 3.90. The molecular weight excluding hydrogens is 185 g/mol. The van der Waals surface area contributed by atoms with E-state index in [1.807, 2.05) is 0 Å². The maximum Gasteiger partial charge on any atom is 0.373 e. The molecule has 0 rings (SSSR count). The molecule has 0 aliphatic carbocycles. The van der Waals surface area contributed by atoms with Crippen LogP contribution in [0.3, 0.4) is 0 Å². The predicted octanol–water partition coefficient (Wildman–Crippen LogP) is 0.294. The summed E-state index contributed by atoms with van der Waals surface area (Å²) in [7, 11) is -3.04. The Balaban J connectivity index is -0.000000405. The van der Waals surface area contributed by atoms with Crippen LogP contribution in [0.15, 0.2) is 0 Å². The molecule has 0 radical (unpaired) electrons. The summed E-state index contributed by atoms with van der Waals surface area (Å²) < 4.78 is 10.1. The Morgan fingerprint density at radius 3 is 1.83 bits per heavy atom. The van der Waals surface area contributed by atoms with Gasteiger partial charge >= 0.3 is 5.97 Å². The largest absolute Gasteiger partial charge is 0.475 e. The number of hydrogen-bond acceptors (Lipinski definition) is 4. The second-order valence-corrected chi connectivity index (χ2v) is 3.27. The Bertz CT molecular complexity index is 192. The summed E-state index contributed by atoms with van der Waals surface area (Å²) in [4.78, 5) is 28.5. The summed E-state index contributed by atoms with van der Waals surface area (Å²) in [5.74, 6) is -2.88. The molecule has 2 unspecified atom stereocenters. The lowest BCUT2D eigenvalue weighted by Crippen LogP contribution is -2.22. The molecule has 0 spiro atoms. The monoisotopic (exact) mass is 199 g/mol. The van der Waals surface area contributed by atoms with Crippen molar-refractivity contribution in [2.75, 3.05) is 0 Å². The van der Waals surface area contributed by atoms with Gasteiger partial charge in [-0.05, 0) is 6.92 Å². The molecule has 74 valence electrons. The fraction of sp³-hybridized carbons (Fsp3) is 0.600. The van der Waals surface area contributed by atoms with Crippen LogP contribution in [-0.4, -0.2) is 27.4 Å². The molecule has 0 bridgehead atoms. The average molecular weight is 199 g/mol. The van der Waals surface area contributed by atoms with Gasteiger partial charge in [0.2, 0.25) is 0 Å². The third-order valence-corrected chi connectivity index (χ3v) is 1.98. The molecule has 0 heterocycles. The molecule has 0 saturated carbocycles. The first-order chi connectivity index (χ1) is 4.46. The first-order valence-electron chi connectivity index (χ1n) is 2.46. The van der Waals surface area contributed by atoms with Crippen LogP contribution in [0.2, 0.25) is 0 Å². The maximum atomic E-state index is 10.4. The molecule has 0 aliphatic rings. The maximum absolute atomic E-state index is 10.4. The van der Waals surface area contributed by atoms with Crippen LogP contribution in [0, 0.1) is 0 Å². The Morgan fingerprint density at radius 1 is 1.42 bits per heavy atom. The van der Waals surface area contributed by atoms with Gasteiger partial charge in [0.15, 0.2) is 8.03 Å². The van der Waals surface area contributed by atoms with Gasteiger partial charge in [-0.2, -0.15) is 0 Å². The van der Waals surface area contributed by atoms with E-state index in [2.05, 4.69) is 0 Å². The Kier molecular flexibility index (Phi) is 10.1. The normalized spacial score (nSPS) is 13.2. The summed E-state index contributed by atoms with van der Waals surface area (Å²) >= 11 is 0. The quantitative estimate of drug-likeness (QED) is 0.443. The third kappa shape index (κ3) is 5.01. The number of aliphatic carboxylic acids is 1. The Labute approximate surface area is 71.0 Å². The van der Waals surface area contributed by atoms with Crippen LogP contribution in [0.5, 0.6) is 0 Å². The molecule has 6 nitrogen and oxygen atoms in total. The predicted molar refractivity (Wildman–Crippen MR) is 45.1 cm³/mol. The third-order valence-electron chi connectivity index (χ3n) is 0.974. The summed E-state index contributed by atoms with van der Waals surface area (Å²) in [6.07, 6.45) is 0. The van der Waals surface area contributed by atoms with Gasteiger partial charge in [0.25, 0.3) is 5.78 Å². The van der Waals surface area contributed by atoms with Crippen molar-refractivity contribution in [3.8, 4) is 0 Å². The van der Waals surface area contributed by atoms with E-state index in [0.29, 0.717) is 0 Å². The minimum atomic E-state index is -3.04. The van der Waals surface area contributed by atoms with Gasteiger partial charge in [-0.25, -0.2) is 4.79 Å². The highest BCUT2D eigenvalue weighted by atomic mass is 31.1. The lowest BCUT2D eigenvalue weighted by atomic mass is 10.3. The molecule has 0 aromatic heterocycles. The molecule has 0 aliphatic heterocycles. The molecule has 5 N–H and O–H groups in total. The number of carboxylic acid groups (broad SMARTS) is 1. The van der Waals surface area contributed by atoms with Crippen molar-refractivity contribution < 1.29 is 24.2 Å². The fourth-order valence-electron chi connectivity index (χ4n) is 0.297. The van der Waals surface area contributed by atoms with E-state index in [1.54, 1.807) is 0 Å². The molecule has 2 atom stereocenters. The number of hydrogen-bond donors (Lipinski definition) is 3. The van der Waals surface area contributed by atoms with E-state index in [0.717, 1.165) is 6.92 Å². The molecular formula is C5H14NO5P. The summed E-state index contributed by atoms with van der Waals surface area (Å²) in [6.45, 7) is 1.11. The number of Topliss-reactive ketones (excluding diaryl/α,β-unsaturated/α-hetero) is 1. The van der Waals surface area contributed by atoms with E-state index in [9.17, 15) is 14.2 Å². The van der Waals surface area contributed by atoms with Crippen molar-refractivity contribution in [2.24, 2.45) is 0 Å². The van der Waals surface area contributed by atoms with Crippen molar-refractivity contribution >= 4 is 19.8 Å². The van der Waals surface area contributed by atoms with E-state index >= 15 is 0 Å². The van der Waals surface area contributed by atoms with Crippen molar-refractivity contribution in [2.45, 2.75) is 20.0 Å². The molecule has 12 heavy (non-hydrogen) atoms. The molecule has 0 aromatic rings. The molecule has 0 saturated heterocycles. The second-order valence-electron chi connectivity index (χ2n) is 1.73. The van der Waals surface area contributed by atoms with Gasteiger partial charge in [-0.1, -0.05) is 7.43 Å². The van der Waals surface area contributed by atoms with Gasteiger partial charge in [-0.3, -0.25) is 9.36 Å². The van der Waals surface area contributed by atoms with Crippen LogP contribution < -0.4 is 6.15 Å². The molecule has 7 heteroatoms. The highest BCUT2D eigenvalue weighted by Crippen LogP contribution is 2.21. The number of carbonyl (C=O) groups is 2. The molecule has 0 fully saturated rings. The average Bonchev–Trinajstić information content (AvgIpc) is 1.84. The lowest BCUT2D eigenvalue weighted by Gasteiger charge is -1.99. The van der Waals surface area contributed by atoms with Crippen LogP contribution in [0.1, 0.15) is 14.4 Å². The van der Waals surface area contributed by atoms with E-state index in [-0.39, 0.29) is 13.6 Å². The molecule has 0 aromatic carbocycles. The van der Waals surface area contributed by atoms with E-state index in [1.165, 1.54) is 0 Å². The number of rotatable bonds is 3. The SMILES string of the molecule is C.CC(C(=O)C(=O)O)[PH](=O)O.N. The van der Waals surface area contributed by atoms with Gasteiger partial charge < -0.3 is 16.2 Å². The standard InChI is InChI=1S/C4H7O5P.CH4.H3N/c1-2(10(8)9)3(5)4(6)7;;/h2,10H,1H3,(H,6,7)(H,8,9);1H4;1H3. The van der Waals surface area contributed by atoms with Crippen LogP contribution in [-0.2, 0) is 14.2 Å². The smallest absolute Gasteiger partial charge is 0.373 e. The van der Waals surface area contributed by atoms with Gasteiger partial charge in [-0.15, -0.1) is 0 Å². The topological polar surface area (TPSA) is 127 Å². The van der Waals surface area contributed by atoms with Gasteiger partial charge in [0.1, 0.15) is 5.66 Å². The summed E-state index contributed by atoms with van der Waals surface area (Å²) in [5, 5.41) is 8.02. The Hall–Kier alpha value is -0.710. The van der Waals surface area contributed by atoms with E-state index in [4.69, 9.17) is 10.00 Å². The van der Waals surface area contributed by atoms with Crippen LogP contribution in [0.25, 0.3) is 0 Å². The summed E-state index contributed by atoms with van der Waals surface area (Å²) in [6, 6.07) is 0. The van der Waals surface area contributed by atoms with Crippen molar-refractivity contribution in [1.29, 1.82) is 0 Å². The van der Waals surface area contributed by atoms with Crippen molar-refractivity contribution in [3.05, 3.63) is 0 Å². The minimum Gasteiger partial charge on any atom is -0.475 e. The van der Waals surface area contributed by atoms with Gasteiger partial charge in [0.05, 0.1) is 0 Å². The second kappa shape index (κ2) is 6.97. The summed E-state index contributed by atoms with van der Waals surface area (Å²) in [5.41, 5.74) is -1.28. The Morgan fingerprint density at radius 2 is 1.75 bits per heavy atom.